The van der Waals surface area contributed by atoms with Crippen molar-refractivity contribution in [3.05, 3.63) is 35.9 Å². The van der Waals surface area contributed by atoms with E-state index in [0.29, 0.717) is 5.92 Å². The highest BCUT2D eigenvalue weighted by atomic mass is 16.5. The Balaban J connectivity index is 1.79. The van der Waals surface area contributed by atoms with Gasteiger partial charge in [0.2, 0.25) is 0 Å². The van der Waals surface area contributed by atoms with E-state index < -0.39 is 5.41 Å². The molecule has 126 valence electrons. The molecule has 1 saturated heterocycles. The number of hydrogen-bond acceptors (Lipinski definition) is 3. The average molecular weight is 315 g/mol. The van der Waals surface area contributed by atoms with Gasteiger partial charge in [-0.2, -0.15) is 0 Å². The highest BCUT2D eigenvalue weighted by Gasteiger charge is 2.45. The molecule has 3 nitrogen and oxygen atoms in total. The van der Waals surface area contributed by atoms with Gasteiger partial charge >= 0.3 is 5.97 Å². The van der Waals surface area contributed by atoms with E-state index in [9.17, 15) is 4.79 Å². The molecule has 1 atom stereocenters. The van der Waals surface area contributed by atoms with E-state index in [0.717, 1.165) is 44.3 Å². The molecule has 1 aromatic carbocycles. The van der Waals surface area contributed by atoms with Gasteiger partial charge in [0.25, 0.3) is 0 Å². The zero-order valence-electron chi connectivity index (χ0n) is 14.5. The van der Waals surface area contributed by atoms with E-state index in [1.807, 2.05) is 18.2 Å². The van der Waals surface area contributed by atoms with Crippen LogP contribution in [-0.4, -0.2) is 37.1 Å². The molecular formula is C20H29NO2. The first kappa shape index (κ1) is 16.5. The number of esters is 1. The second-order valence-corrected chi connectivity index (χ2v) is 7.46. The molecule has 0 spiro atoms. The van der Waals surface area contributed by atoms with E-state index in [1.54, 1.807) is 0 Å². The van der Waals surface area contributed by atoms with Crippen LogP contribution in [0.4, 0.5) is 0 Å². The van der Waals surface area contributed by atoms with Crippen LogP contribution in [0.5, 0.6) is 0 Å². The molecule has 1 saturated carbocycles. The van der Waals surface area contributed by atoms with Gasteiger partial charge in [-0.1, -0.05) is 43.2 Å². The van der Waals surface area contributed by atoms with Gasteiger partial charge in [0.05, 0.1) is 5.41 Å². The number of carbonyl (C=O) groups is 1. The van der Waals surface area contributed by atoms with Gasteiger partial charge in [-0.15, -0.1) is 0 Å². The zero-order valence-corrected chi connectivity index (χ0v) is 14.5. The normalized spacial score (nSPS) is 23.6. The van der Waals surface area contributed by atoms with Crippen LogP contribution in [0.15, 0.2) is 30.3 Å². The Labute approximate surface area is 140 Å². The highest BCUT2D eigenvalue weighted by molar-refractivity contribution is 5.83. The molecule has 2 fully saturated rings. The Bertz CT molecular complexity index is 516. The first-order valence-electron chi connectivity index (χ1n) is 9.06. The van der Waals surface area contributed by atoms with Crippen molar-refractivity contribution in [3.8, 4) is 0 Å². The van der Waals surface area contributed by atoms with Crippen molar-refractivity contribution < 1.29 is 9.53 Å². The molecular weight excluding hydrogens is 286 g/mol. The molecule has 1 heterocycles. The summed E-state index contributed by atoms with van der Waals surface area (Å²) in [5.74, 6) is 0.397. The van der Waals surface area contributed by atoms with Crippen LogP contribution in [0.2, 0.25) is 0 Å². The number of ether oxygens (including phenoxy) is 1. The smallest absolute Gasteiger partial charge is 0.316 e. The highest BCUT2D eigenvalue weighted by Crippen LogP contribution is 2.43. The average Bonchev–Trinajstić information content (AvgIpc) is 3.12. The lowest BCUT2D eigenvalue weighted by Crippen LogP contribution is -2.44. The summed E-state index contributed by atoms with van der Waals surface area (Å²) in [5, 5.41) is 0. The Morgan fingerprint density at radius 1 is 1.09 bits per heavy atom. The van der Waals surface area contributed by atoms with Crippen LogP contribution in [0.3, 0.4) is 0 Å². The van der Waals surface area contributed by atoms with E-state index in [2.05, 4.69) is 31.0 Å². The molecule has 2 aliphatic rings. The van der Waals surface area contributed by atoms with Crippen molar-refractivity contribution in [2.45, 2.75) is 57.0 Å². The third-order valence-corrected chi connectivity index (χ3v) is 5.91. The minimum absolute atomic E-state index is 0.00912. The second-order valence-electron chi connectivity index (χ2n) is 7.46. The maximum atomic E-state index is 13.2. The fourth-order valence-corrected chi connectivity index (χ4v) is 4.18. The van der Waals surface area contributed by atoms with E-state index in [-0.39, 0.29) is 12.1 Å². The molecule has 1 aliphatic heterocycles. The van der Waals surface area contributed by atoms with Gasteiger partial charge in [-0.25, -0.2) is 0 Å². The lowest BCUT2D eigenvalue weighted by molar-refractivity contribution is -0.160. The summed E-state index contributed by atoms with van der Waals surface area (Å²) in [6.07, 6.45) is 6.73. The molecule has 3 heteroatoms. The summed E-state index contributed by atoms with van der Waals surface area (Å²) in [6, 6.07) is 10.3. The maximum Gasteiger partial charge on any atom is 0.316 e. The predicted molar refractivity (Wildman–Crippen MR) is 92.4 cm³/mol. The number of rotatable bonds is 4. The molecule has 1 aromatic rings. The van der Waals surface area contributed by atoms with Crippen LogP contribution in [0, 0.1) is 5.92 Å². The first-order chi connectivity index (χ1) is 11.1. The summed E-state index contributed by atoms with van der Waals surface area (Å²) < 4.78 is 6.01. The molecule has 0 aromatic heterocycles. The standard InChI is InChI=1S/C20H29NO2/c1-20(17-10-6-7-11-17,16-8-4-3-5-9-16)19(22)23-18-12-14-21(2)15-13-18/h3-5,8-9,17-18H,6-7,10-15H2,1-2H3/t20-/m0/s1. The second kappa shape index (κ2) is 7.04. The van der Waals surface area contributed by atoms with Gasteiger partial charge < -0.3 is 9.64 Å². The molecule has 3 rings (SSSR count). The zero-order chi connectivity index (χ0) is 16.3. The third-order valence-electron chi connectivity index (χ3n) is 5.91. The number of nitrogens with zero attached hydrogens (tertiary/aromatic N) is 1. The molecule has 0 amide bonds. The fourth-order valence-electron chi connectivity index (χ4n) is 4.18. The van der Waals surface area contributed by atoms with Gasteiger partial charge in [-0.3, -0.25) is 4.79 Å². The summed E-state index contributed by atoms with van der Waals surface area (Å²) in [7, 11) is 2.13. The number of piperidine rings is 1. The molecule has 23 heavy (non-hydrogen) atoms. The van der Waals surface area contributed by atoms with Gasteiger partial charge in [0.1, 0.15) is 6.10 Å². The number of hydrogen-bond donors (Lipinski definition) is 0. The van der Waals surface area contributed by atoms with Crippen molar-refractivity contribution in [2.24, 2.45) is 5.92 Å². The molecule has 0 unspecified atom stereocenters. The Morgan fingerprint density at radius 2 is 1.70 bits per heavy atom. The van der Waals surface area contributed by atoms with E-state index in [1.165, 1.54) is 12.8 Å². The lowest BCUT2D eigenvalue weighted by Gasteiger charge is -2.37. The summed E-state index contributed by atoms with van der Waals surface area (Å²) in [5.41, 5.74) is 0.617. The minimum Gasteiger partial charge on any atom is -0.462 e. The maximum absolute atomic E-state index is 13.2. The van der Waals surface area contributed by atoms with Gasteiger partial charge in [-0.05, 0) is 51.1 Å². The Morgan fingerprint density at radius 3 is 2.30 bits per heavy atom. The SMILES string of the molecule is CN1CCC(OC(=O)[C@@](C)(c2ccccc2)C2CCCC2)CC1. The van der Waals surface area contributed by atoms with Crippen molar-refractivity contribution >= 4 is 5.97 Å². The quantitative estimate of drug-likeness (QED) is 0.792. The van der Waals surface area contributed by atoms with Gasteiger partial charge in [0, 0.05) is 13.1 Å². The van der Waals surface area contributed by atoms with Crippen LogP contribution >= 0.6 is 0 Å². The van der Waals surface area contributed by atoms with Crippen LogP contribution in [0.1, 0.15) is 51.0 Å². The van der Waals surface area contributed by atoms with E-state index in [4.69, 9.17) is 4.74 Å². The van der Waals surface area contributed by atoms with Crippen LogP contribution < -0.4 is 0 Å². The molecule has 0 N–H and O–H groups in total. The van der Waals surface area contributed by atoms with Crippen LogP contribution in [0.25, 0.3) is 0 Å². The molecule has 0 bridgehead atoms. The van der Waals surface area contributed by atoms with Gasteiger partial charge in [0.15, 0.2) is 0 Å². The third kappa shape index (κ3) is 3.45. The molecule has 1 aliphatic carbocycles. The summed E-state index contributed by atoms with van der Waals surface area (Å²) >= 11 is 0. The number of benzene rings is 1. The monoisotopic (exact) mass is 315 g/mol. The van der Waals surface area contributed by atoms with Crippen molar-refractivity contribution in [1.82, 2.24) is 4.90 Å². The van der Waals surface area contributed by atoms with Crippen molar-refractivity contribution in [2.75, 3.05) is 20.1 Å². The topological polar surface area (TPSA) is 29.5 Å². The van der Waals surface area contributed by atoms with Crippen molar-refractivity contribution in [3.63, 3.8) is 0 Å². The van der Waals surface area contributed by atoms with Crippen molar-refractivity contribution in [1.29, 1.82) is 0 Å². The fraction of sp³-hybridized carbons (Fsp3) is 0.650. The van der Waals surface area contributed by atoms with Crippen LogP contribution in [-0.2, 0) is 14.9 Å². The number of carbonyl (C=O) groups excluding carboxylic acids is 1. The summed E-state index contributed by atoms with van der Waals surface area (Å²) in [4.78, 5) is 15.5. The number of likely N-dealkylation sites (tertiary alicyclic amines) is 1. The van der Waals surface area contributed by atoms with E-state index >= 15 is 0 Å². The summed E-state index contributed by atoms with van der Waals surface area (Å²) in [6.45, 7) is 4.14. The lowest BCUT2D eigenvalue weighted by atomic mass is 9.71. The molecule has 0 radical (unpaired) electrons. The minimum atomic E-state index is -0.499. The first-order valence-corrected chi connectivity index (χ1v) is 9.06. The Kier molecular flexibility index (Phi) is 5.05. The largest absolute Gasteiger partial charge is 0.462 e. The Hall–Kier alpha value is -1.35. The predicted octanol–water partition coefficient (Wildman–Crippen LogP) is 3.77.